The number of aliphatic hydroxyl groups excluding tert-OH is 1. The van der Waals surface area contributed by atoms with Crippen LogP contribution < -0.4 is 0 Å². The summed E-state index contributed by atoms with van der Waals surface area (Å²) in [4.78, 5) is 12.4. The Labute approximate surface area is 135 Å². The summed E-state index contributed by atoms with van der Waals surface area (Å²) in [5.74, 6) is 0.0836. The van der Waals surface area contributed by atoms with Gasteiger partial charge in [0, 0.05) is 0 Å². The lowest BCUT2D eigenvalue weighted by molar-refractivity contribution is -0.160. The Balaban J connectivity index is 5.14. The van der Waals surface area contributed by atoms with Crippen molar-refractivity contribution in [3.05, 3.63) is 47.8 Å². The van der Waals surface area contributed by atoms with E-state index in [0.717, 1.165) is 11.1 Å². The number of rotatable bonds is 6. The maximum absolute atomic E-state index is 12.4. The minimum Gasteiger partial charge on any atom is -0.431 e. The van der Waals surface area contributed by atoms with E-state index in [1.807, 2.05) is 46.8 Å². The smallest absolute Gasteiger partial charge is 0.319 e. The van der Waals surface area contributed by atoms with Gasteiger partial charge < -0.3 is 9.84 Å². The first-order valence-corrected chi connectivity index (χ1v) is 7.47. The van der Waals surface area contributed by atoms with Crippen LogP contribution in [-0.4, -0.2) is 17.7 Å². The molecule has 0 heterocycles. The Bertz CT molecular complexity index is 501. The topological polar surface area (TPSA) is 46.5 Å². The van der Waals surface area contributed by atoms with E-state index in [2.05, 4.69) is 6.58 Å². The summed E-state index contributed by atoms with van der Waals surface area (Å²) in [5, 5.41) is 9.61. The van der Waals surface area contributed by atoms with Crippen molar-refractivity contribution in [1.29, 1.82) is 0 Å². The van der Waals surface area contributed by atoms with Crippen LogP contribution in [0, 0.1) is 10.8 Å². The molecule has 0 spiro atoms. The molecule has 0 saturated heterocycles. The first-order valence-electron chi connectivity index (χ1n) is 7.47. The van der Waals surface area contributed by atoms with Gasteiger partial charge in [-0.1, -0.05) is 45.6 Å². The molecule has 0 aromatic carbocycles. The lowest BCUT2D eigenvalue weighted by Gasteiger charge is -2.37. The van der Waals surface area contributed by atoms with E-state index in [1.165, 1.54) is 0 Å². The molecular formula is C19H30O3. The average Bonchev–Trinajstić information content (AvgIpc) is 2.42. The van der Waals surface area contributed by atoms with Gasteiger partial charge in [0.2, 0.25) is 0 Å². The first-order chi connectivity index (χ1) is 9.99. The quantitative estimate of drug-likeness (QED) is 0.444. The summed E-state index contributed by atoms with van der Waals surface area (Å²) in [6.07, 6.45) is 7.31. The maximum atomic E-state index is 12.4. The monoisotopic (exact) mass is 306 g/mol. The summed E-state index contributed by atoms with van der Waals surface area (Å²) in [6, 6.07) is 0. The maximum Gasteiger partial charge on any atom is 0.319 e. The van der Waals surface area contributed by atoms with Crippen LogP contribution in [0.1, 0.15) is 48.5 Å². The highest BCUT2D eigenvalue weighted by Crippen LogP contribution is 2.39. The Morgan fingerprint density at radius 1 is 1.05 bits per heavy atom. The summed E-state index contributed by atoms with van der Waals surface area (Å²) in [5.41, 5.74) is 0.824. The van der Waals surface area contributed by atoms with Crippen molar-refractivity contribution in [2.75, 3.05) is 6.61 Å². The van der Waals surface area contributed by atoms with E-state index >= 15 is 0 Å². The van der Waals surface area contributed by atoms with Gasteiger partial charge in [-0.2, -0.15) is 0 Å². The minimum atomic E-state index is -0.945. The molecule has 1 atom stereocenters. The summed E-state index contributed by atoms with van der Waals surface area (Å²) < 4.78 is 5.40. The van der Waals surface area contributed by atoms with Gasteiger partial charge in [0.05, 0.1) is 12.0 Å². The second kappa shape index (κ2) is 8.14. The largest absolute Gasteiger partial charge is 0.431 e. The van der Waals surface area contributed by atoms with Gasteiger partial charge in [-0.25, -0.2) is 0 Å². The van der Waals surface area contributed by atoms with Crippen LogP contribution in [-0.2, 0) is 9.53 Å². The van der Waals surface area contributed by atoms with Gasteiger partial charge in [-0.15, -0.1) is 0 Å². The average molecular weight is 306 g/mol. The number of carbonyl (C=O) groups is 1. The van der Waals surface area contributed by atoms with Crippen LogP contribution >= 0.6 is 0 Å². The fourth-order valence-electron chi connectivity index (χ4n) is 1.58. The molecule has 0 bridgehead atoms. The molecule has 0 aliphatic heterocycles. The van der Waals surface area contributed by atoms with E-state index in [4.69, 9.17) is 4.74 Å². The van der Waals surface area contributed by atoms with E-state index < -0.39 is 16.8 Å². The Morgan fingerprint density at radius 3 is 1.95 bits per heavy atom. The fourth-order valence-corrected chi connectivity index (χ4v) is 1.58. The molecule has 1 unspecified atom stereocenters. The Hall–Kier alpha value is -1.61. The lowest BCUT2D eigenvalue weighted by atomic mass is 9.68. The van der Waals surface area contributed by atoms with Crippen LogP contribution in [0.5, 0.6) is 0 Å². The van der Waals surface area contributed by atoms with Crippen molar-refractivity contribution in [1.82, 2.24) is 0 Å². The lowest BCUT2D eigenvalue weighted by Crippen LogP contribution is -2.44. The normalized spacial score (nSPS) is 17.0. The van der Waals surface area contributed by atoms with Gasteiger partial charge in [-0.05, 0) is 50.3 Å². The third kappa shape index (κ3) is 5.30. The van der Waals surface area contributed by atoms with Gasteiger partial charge in [-0.3, -0.25) is 4.79 Å². The van der Waals surface area contributed by atoms with Crippen molar-refractivity contribution in [2.24, 2.45) is 10.8 Å². The van der Waals surface area contributed by atoms with E-state index in [1.54, 1.807) is 26.0 Å². The second-order valence-corrected chi connectivity index (χ2v) is 6.84. The molecule has 0 aliphatic rings. The minimum absolute atomic E-state index is 0.251. The standard InChI is InChI=1S/C19H30O3/c1-9-10-14(2)15(3)11-12-16(4)22-17(21)19(8,13-20)18(5,6)7/h9-12,20H,1,13H2,2-8H3/b14-10+,15-11+,16-12+. The van der Waals surface area contributed by atoms with Gasteiger partial charge >= 0.3 is 5.97 Å². The van der Waals surface area contributed by atoms with Crippen molar-refractivity contribution < 1.29 is 14.6 Å². The Morgan fingerprint density at radius 2 is 1.55 bits per heavy atom. The third-order valence-electron chi connectivity index (χ3n) is 4.23. The van der Waals surface area contributed by atoms with Gasteiger partial charge in [0.25, 0.3) is 0 Å². The predicted octanol–water partition coefficient (Wildman–Crippen LogP) is 4.56. The molecule has 0 radical (unpaired) electrons. The van der Waals surface area contributed by atoms with Gasteiger partial charge in [0.1, 0.15) is 5.76 Å². The summed E-state index contributed by atoms with van der Waals surface area (Å²) in [6.45, 7) is 16.6. The molecule has 124 valence electrons. The number of esters is 1. The molecule has 0 amide bonds. The number of aliphatic hydroxyl groups is 1. The predicted molar refractivity (Wildman–Crippen MR) is 92.2 cm³/mol. The first kappa shape index (κ1) is 20.4. The molecule has 0 aliphatic carbocycles. The van der Waals surface area contributed by atoms with Crippen molar-refractivity contribution in [3.63, 3.8) is 0 Å². The molecule has 0 fully saturated rings. The molecular weight excluding hydrogens is 276 g/mol. The number of allylic oxidation sites excluding steroid dienone is 7. The van der Waals surface area contributed by atoms with Crippen LogP contribution in [0.25, 0.3) is 0 Å². The highest BCUT2D eigenvalue weighted by Gasteiger charge is 2.45. The van der Waals surface area contributed by atoms with Crippen LogP contribution in [0.2, 0.25) is 0 Å². The zero-order valence-electron chi connectivity index (χ0n) is 15.0. The molecule has 3 nitrogen and oxygen atoms in total. The van der Waals surface area contributed by atoms with Crippen LogP contribution in [0.15, 0.2) is 47.8 Å². The van der Waals surface area contributed by atoms with Crippen molar-refractivity contribution >= 4 is 5.97 Å². The molecule has 3 heteroatoms. The number of hydrogen-bond donors (Lipinski definition) is 1. The van der Waals surface area contributed by atoms with Crippen LogP contribution in [0.4, 0.5) is 0 Å². The SMILES string of the molecule is C=C/C=C(C)/C(C)=C/C=C(\C)OC(=O)C(C)(CO)C(C)(C)C. The van der Waals surface area contributed by atoms with E-state index in [0.29, 0.717) is 5.76 Å². The van der Waals surface area contributed by atoms with Crippen LogP contribution in [0.3, 0.4) is 0 Å². The Kier molecular flexibility index (Phi) is 7.54. The fraction of sp³-hybridized carbons (Fsp3) is 0.526. The third-order valence-corrected chi connectivity index (χ3v) is 4.23. The highest BCUT2D eigenvalue weighted by atomic mass is 16.5. The molecule has 1 N–H and O–H groups in total. The molecule has 0 saturated carbocycles. The van der Waals surface area contributed by atoms with Crippen molar-refractivity contribution in [3.8, 4) is 0 Å². The molecule has 0 rings (SSSR count). The molecule has 22 heavy (non-hydrogen) atoms. The number of hydrogen-bond acceptors (Lipinski definition) is 3. The zero-order chi connectivity index (χ0) is 17.6. The molecule has 0 aromatic rings. The summed E-state index contributed by atoms with van der Waals surface area (Å²) in [7, 11) is 0. The summed E-state index contributed by atoms with van der Waals surface area (Å²) >= 11 is 0. The second-order valence-electron chi connectivity index (χ2n) is 6.84. The number of carbonyl (C=O) groups excluding carboxylic acids is 1. The van der Waals surface area contributed by atoms with E-state index in [-0.39, 0.29) is 6.61 Å². The zero-order valence-corrected chi connectivity index (χ0v) is 15.0. The number of ether oxygens (including phenoxy) is 1. The van der Waals surface area contributed by atoms with Crippen molar-refractivity contribution in [2.45, 2.75) is 48.5 Å². The highest BCUT2D eigenvalue weighted by molar-refractivity contribution is 5.78. The van der Waals surface area contributed by atoms with Gasteiger partial charge in [0.15, 0.2) is 0 Å². The van der Waals surface area contributed by atoms with E-state index in [9.17, 15) is 9.90 Å². The molecule has 0 aromatic heterocycles.